The summed E-state index contributed by atoms with van der Waals surface area (Å²) in [6, 6.07) is 5.57. The minimum Gasteiger partial charge on any atom is -0.320 e. The number of aromatic nitrogens is 4. The molecule has 3 aromatic rings. The van der Waals surface area contributed by atoms with Crippen LogP contribution in [0.5, 0.6) is 0 Å². The van der Waals surface area contributed by atoms with Gasteiger partial charge in [0.15, 0.2) is 0 Å². The summed E-state index contributed by atoms with van der Waals surface area (Å²) in [5.74, 6) is -1.11. The predicted octanol–water partition coefficient (Wildman–Crippen LogP) is 2.84. The number of anilines is 1. The van der Waals surface area contributed by atoms with E-state index in [4.69, 9.17) is 0 Å². The van der Waals surface area contributed by atoms with Crippen LogP contribution in [0.2, 0.25) is 0 Å². The molecule has 12 heteroatoms. The first-order chi connectivity index (χ1) is 14.8. The van der Waals surface area contributed by atoms with Crippen LogP contribution in [0.25, 0.3) is 0 Å². The Labute approximate surface area is 182 Å². The first kappa shape index (κ1) is 21.5. The third-order valence-electron chi connectivity index (χ3n) is 5.11. The van der Waals surface area contributed by atoms with Crippen LogP contribution in [-0.4, -0.2) is 52.1 Å². The Morgan fingerprint density at radius 3 is 2.84 bits per heavy atom. The number of hydrogen-bond acceptors (Lipinski definition) is 7. The zero-order chi connectivity index (χ0) is 22.2. The minimum absolute atomic E-state index is 0.140. The highest BCUT2D eigenvalue weighted by Gasteiger charge is 2.35. The van der Waals surface area contributed by atoms with Gasteiger partial charge >= 0.3 is 0 Å². The van der Waals surface area contributed by atoms with Crippen molar-refractivity contribution in [1.29, 1.82) is 0 Å². The zero-order valence-electron chi connectivity index (χ0n) is 16.9. The molecule has 1 amide bonds. The van der Waals surface area contributed by atoms with Crippen molar-refractivity contribution < 1.29 is 17.6 Å². The zero-order valence-corrected chi connectivity index (χ0v) is 18.6. The van der Waals surface area contributed by atoms with E-state index in [-0.39, 0.29) is 22.4 Å². The number of carbonyl (C=O) groups is 1. The maximum atomic E-state index is 13.3. The average Bonchev–Trinajstić information content (AvgIpc) is 3.35. The van der Waals surface area contributed by atoms with E-state index < -0.39 is 21.7 Å². The molecule has 0 aliphatic carbocycles. The van der Waals surface area contributed by atoms with Gasteiger partial charge in [0, 0.05) is 24.7 Å². The van der Waals surface area contributed by atoms with E-state index in [1.165, 1.54) is 22.5 Å². The monoisotopic (exact) mass is 464 g/mol. The molecule has 0 bridgehead atoms. The van der Waals surface area contributed by atoms with Gasteiger partial charge in [-0.2, -0.15) is 9.40 Å². The second kappa shape index (κ2) is 8.44. The Morgan fingerprint density at radius 2 is 2.13 bits per heavy atom. The Kier molecular flexibility index (Phi) is 5.86. The van der Waals surface area contributed by atoms with E-state index >= 15 is 0 Å². The van der Waals surface area contributed by atoms with Crippen LogP contribution in [0, 0.1) is 19.7 Å². The summed E-state index contributed by atoms with van der Waals surface area (Å²) in [5.41, 5.74) is 1.27. The van der Waals surface area contributed by atoms with Crippen molar-refractivity contribution in [3.05, 3.63) is 51.5 Å². The number of benzene rings is 1. The third kappa shape index (κ3) is 4.36. The number of rotatable bonds is 5. The Balaban J connectivity index is 1.49. The molecule has 3 heterocycles. The van der Waals surface area contributed by atoms with Gasteiger partial charge in [0.2, 0.25) is 15.0 Å². The number of carbonyl (C=O) groups excluding carboxylic acids is 1. The van der Waals surface area contributed by atoms with Crippen molar-refractivity contribution in [2.24, 2.45) is 0 Å². The number of amides is 1. The van der Waals surface area contributed by atoms with Gasteiger partial charge in [-0.25, -0.2) is 12.8 Å². The number of nitrogens with zero attached hydrogens (tertiary/aromatic N) is 4. The highest BCUT2D eigenvalue weighted by molar-refractivity contribution is 7.89. The number of sulfonamides is 1. The molecule has 31 heavy (non-hydrogen) atoms. The molecular weight excluding hydrogens is 443 g/mol. The number of H-pyrrole nitrogens is 1. The standard InChI is InChI=1S/C19H21FN6O3S2/c1-11-16(12(2)23-22-11)31(28,29)26-8-4-5-13(10-26)18-24-25-19(30-18)17(27)21-15-7-3-6-14(20)9-15/h3,6-7,9,13H,4-5,8,10H2,1-2H3,(H,21,27)(H,22,23). The maximum Gasteiger partial charge on any atom is 0.286 e. The third-order valence-corrected chi connectivity index (χ3v) is 8.32. The van der Waals surface area contributed by atoms with Gasteiger partial charge in [-0.1, -0.05) is 17.4 Å². The second-order valence-electron chi connectivity index (χ2n) is 7.38. The summed E-state index contributed by atoms with van der Waals surface area (Å²) in [6.45, 7) is 4.01. The second-order valence-corrected chi connectivity index (χ2v) is 10.3. The topological polar surface area (TPSA) is 121 Å². The molecule has 2 N–H and O–H groups in total. The SMILES string of the molecule is Cc1n[nH]c(C)c1S(=O)(=O)N1CCCC(c2nnc(C(=O)Nc3cccc(F)c3)s2)C1. The summed E-state index contributed by atoms with van der Waals surface area (Å²) in [6.07, 6.45) is 1.42. The number of hydrogen-bond donors (Lipinski definition) is 2. The summed E-state index contributed by atoms with van der Waals surface area (Å²) in [7, 11) is -3.69. The fourth-order valence-corrected chi connectivity index (χ4v) is 6.37. The lowest BCUT2D eigenvalue weighted by molar-refractivity contribution is 0.102. The first-order valence-corrected chi connectivity index (χ1v) is 11.9. The smallest absolute Gasteiger partial charge is 0.286 e. The van der Waals surface area contributed by atoms with Crippen LogP contribution in [0.1, 0.15) is 45.0 Å². The summed E-state index contributed by atoms with van der Waals surface area (Å²) < 4.78 is 41.1. The van der Waals surface area contributed by atoms with E-state index in [9.17, 15) is 17.6 Å². The van der Waals surface area contributed by atoms with Gasteiger partial charge < -0.3 is 5.32 Å². The molecular formula is C19H21FN6O3S2. The normalized spacial score (nSPS) is 17.6. The number of halogens is 1. The minimum atomic E-state index is -3.69. The van der Waals surface area contributed by atoms with Crippen LogP contribution >= 0.6 is 11.3 Å². The van der Waals surface area contributed by atoms with Crippen molar-refractivity contribution in [2.45, 2.75) is 37.5 Å². The van der Waals surface area contributed by atoms with Gasteiger partial charge in [-0.15, -0.1) is 10.2 Å². The number of piperidine rings is 1. The lowest BCUT2D eigenvalue weighted by Crippen LogP contribution is -2.39. The van der Waals surface area contributed by atoms with Crippen LogP contribution in [0.3, 0.4) is 0 Å². The van der Waals surface area contributed by atoms with Crippen molar-refractivity contribution in [2.75, 3.05) is 18.4 Å². The van der Waals surface area contributed by atoms with Crippen molar-refractivity contribution in [1.82, 2.24) is 24.7 Å². The molecule has 0 radical (unpaired) electrons. The molecule has 0 spiro atoms. The maximum absolute atomic E-state index is 13.3. The van der Waals surface area contributed by atoms with Gasteiger partial charge in [-0.05, 0) is 44.9 Å². The van der Waals surface area contributed by atoms with Gasteiger partial charge in [0.05, 0.1) is 11.4 Å². The fourth-order valence-electron chi connectivity index (χ4n) is 3.65. The molecule has 1 fully saturated rings. The quantitative estimate of drug-likeness (QED) is 0.599. The molecule has 9 nitrogen and oxygen atoms in total. The highest BCUT2D eigenvalue weighted by Crippen LogP contribution is 2.33. The number of aryl methyl sites for hydroxylation is 2. The molecule has 1 aromatic carbocycles. The van der Waals surface area contributed by atoms with Crippen LogP contribution in [0.4, 0.5) is 10.1 Å². The van der Waals surface area contributed by atoms with E-state index in [0.29, 0.717) is 35.0 Å². The molecule has 1 unspecified atom stereocenters. The van der Waals surface area contributed by atoms with Crippen molar-refractivity contribution in [3.8, 4) is 0 Å². The Bertz CT molecular complexity index is 1200. The van der Waals surface area contributed by atoms with Gasteiger partial charge in [0.1, 0.15) is 15.7 Å². The Morgan fingerprint density at radius 1 is 1.32 bits per heavy atom. The van der Waals surface area contributed by atoms with E-state index in [1.54, 1.807) is 19.9 Å². The van der Waals surface area contributed by atoms with E-state index in [2.05, 4.69) is 25.7 Å². The molecule has 0 saturated carbocycles. The average molecular weight is 465 g/mol. The Hall–Kier alpha value is -2.70. The molecule has 2 aromatic heterocycles. The van der Waals surface area contributed by atoms with E-state index in [0.717, 1.165) is 17.8 Å². The summed E-state index contributed by atoms with van der Waals surface area (Å²) in [5, 5.41) is 18.1. The van der Waals surface area contributed by atoms with Gasteiger partial charge in [0.25, 0.3) is 5.91 Å². The lowest BCUT2D eigenvalue weighted by atomic mass is 10.0. The predicted molar refractivity (Wildman–Crippen MR) is 113 cm³/mol. The largest absolute Gasteiger partial charge is 0.320 e. The van der Waals surface area contributed by atoms with Crippen molar-refractivity contribution >= 4 is 33.0 Å². The fraction of sp³-hybridized carbons (Fsp3) is 0.368. The summed E-state index contributed by atoms with van der Waals surface area (Å²) >= 11 is 1.12. The lowest BCUT2D eigenvalue weighted by Gasteiger charge is -2.30. The number of aromatic amines is 1. The molecule has 164 valence electrons. The van der Waals surface area contributed by atoms with Crippen LogP contribution in [0.15, 0.2) is 29.2 Å². The molecule has 1 aliphatic heterocycles. The molecule has 4 rings (SSSR count). The highest BCUT2D eigenvalue weighted by atomic mass is 32.2. The molecule has 1 saturated heterocycles. The molecule has 1 aliphatic rings. The van der Waals surface area contributed by atoms with E-state index in [1.807, 2.05) is 0 Å². The molecule has 1 atom stereocenters. The summed E-state index contributed by atoms with van der Waals surface area (Å²) in [4.78, 5) is 12.6. The van der Waals surface area contributed by atoms with Crippen LogP contribution in [-0.2, 0) is 10.0 Å². The van der Waals surface area contributed by atoms with Crippen LogP contribution < -0.4 is 5.32 Å². The van der Waals surface area contributed by atoms with Gasteiger partial charge in [-0.3, -0.25) is 9.89 Å². The first-order valence-electron chi connectivity index (χ1n) is 9.67. The van der Waals surface area contributed by atoms with Crippen molar-refractivity contribution in [3.63, 3.8) is 0 Å². The number of nitrogens with one attached hydrogen (secondary N) is 2.